The normalized spacial score (nSPS) is 11.4. The van der Waals surface area contributed by atoms with E-state index < -0.39 is 16.0 Å². The topological polar surface area (TPSA) is 104 Å². The van der Waals surface area contributed by atoms with Crippen molar-refractivity contribution in [2.24, 2.45) is 5.14 Å². The summed E-state index contributed by atoms with van der Waals surface area (Å²) in [7, 11) is -3.84. The molecule has 3 rings (SSSR count). The second-order valence-corrected chi connectivity index (χ2v) is 8.10. The summed E-state index contributed by atoms with van der Waals surface area (Å²) in [5.74, 6) is -0.832. The van der Waals surface area contributed by atoms with Crippen LogP contribution in [0, 0.1) is 12.7 Å². The molecule has 29 heavy (non-hydrogen) atoms. The van der Waals surface area contributed by atoms with E-state index in [1.165, 1.54) is 36.5 Å². The van der Waals surface area contributed by atoms with E-state index in [0.717, 1.165) is 4.85 Å². The van der Waals surface area contributed by atoms with Crippen molar-refractivity contribution in [1.82, 2.24) is 9.94 Å². The molecule has 0 saturated heterocycles. The number of hydrogen-bond donors (Lipinski definition) is 1. The molecule has 0 saturated carbocycles. The molecule has 0 spiro atoms. The average molecular weight is 417 g/mol. The van der Waals surface area contributed by atoms with Crippen molar-refractivity contribution in [2.75, 3.05) is 0 Å². The number of benzene rings is 2. The number of aryl methyl sites for hydroxylation is 1. The van der Waals surface area contributed by atoms with Gasteiger partial charge in [-0.15, -0.1) is 5.10 Å². The number of primary sulfonamides is 1. The van der Waals surface area contributed by atoms with Crippen molar-refractivity contribution < 1.29 is 22.4 Å². The van der Waals surface area contributed by atoms with Crippen molar-refractivity contribution >= 4 is 16.0 Å². The Balaban J connectivity index is 2.09. The Hall–Kier alpha value is -3.04. The van der Waals surface area contributed by atoms with Crippen LogP contribution in [0.2, 0.25) is 0 Å². The van der Waals surface area contributed by atoms with Gasteiger partial charge in [-0.3, -0.25) is 0 Å². The first kappa shape index (κ1) is 20.7. The van der Waals surface area contributed by atoms with Gasteiger partial charge in [0.15, 0.2) is 0 Å². The number of hydrogen-bond acceptors (Lipinski definition) is 5. The lowest BCUT2D eigenvalue weighted by atomic mass is 10.0. The summed E-state index contributed by atoms with van der Waals surface area (Å²) in [5, 5.41) is 9.43. The Kier molecular flexibility index (Phi) is 5.81. The maximum atomic E-state index is 14.1. The molecule has 9 heteroatoms. The zero-order valence-electron chi connectivity index (χ0n) is 15.9. The molecule has 0 fully saturated rings. The monoisotopic (exact) mass is 417 g/mol. The Morgan fingerprint density at radius 2 is 1.83 bits per heavy atom. The Bertz CT molecular complexity index is 1150. The van der Waals surface area contributed by atoms with Gasteiger partial charge in [-0.1, -0.05) is 36.0 Å². The number of halogens is 1. The van der Waals surface area contributed by atoms with Crippen LogP contribution in [-0.4, -0.2) is 24.3 Å². The molecule has 0 amide bonds. The highest BCUT2D eigenvalue weighted by Crippen LogP contribution is 2.32. The number of carbonyl (C=O) groups excluding carboxylic acids is 1. The standard InChI is InChI=1S/C20H20FN3O4S/c1-3-4-19(25)28-24-12-17(15-6-5-13(2)18(21)11-15)20(23-24)14-7-9-16(10-8-14)29(22,26)27/h5-12H,3-4H2,1-2H3,(H2,22,26,27). The number of nitrogens with two attached hydrogens (primary N) is 1. The minimum absolute atomic E-state index is 0.0435. The second kappa shape index (κ2) is 8.14. The molecular weight excluding hydrogens is 397 g/mol. The van der Waals surface area contributed by atoms with Crippen LogP contribution in [0.15, 0.2) is 53.6 Å². The predicted octanol–water partition coefficient (Wildman–Crippen LogP) is 3.07. The molecule has 0 aliphatic heterocycles. The van der Waals surface area contributed by atoms with Gasteiger partial charge in [-0.05, 0) is 42.7 Å². The summed E-state index contributed by atoms with van der Waals surface area (Å²) in [6.45, 7) is 3.51. The molecule has 0 aliphatic carbocycles. The molecule has 0 bridgehead atoms. The third-order valence-corrected chi connectivity index (χ3v) is 5.21. The van der Waals surface area contributed by atoms with Crippen molar-refractivity contribution in [3.63, 3.8) is 0 Å². The van der Waals surface area contributed by atoms with Crippen molar-refractivity contribution in [2.45, 2.75) is 31.6 Å². The van der Waals surface area contributed by atoms with E-state index in [9.17, 15) is 17.6 Å². The van der Waals surface area contributed by atoms with Gasteiger partial charge in [0.25, 0.3) is 0 Å². The van der Waals surface area contributed by atoms with Crippen LogP contribution < -0.4 is 9.98 Å². The first-order valence-corrected chi connectivity index (χ1v) is 10.4. The molecule has 0 aliphatic rings. The van der Waals surface area contributed by atoms with Gasteiger partial charge in [-0.25, -0.2) is 22.7 Å². The molecule has 152 valence electrons. The van der Waals surface area contributed by atoms with Crippen LogP contribution >= 0.6 is 0 Å². The summed E-state index contributed by atoms with van der Waals surface area (Å²) >= 11 is 0. The van der Waals surface area contributed by atoms with Gasteiger partial charge in [0.1, 0.15) is 11.5 Å². The minimum atomic E-state index is -3.84. The van der Waals surface area contributed by atoms with Gasteiger partial charge >= 0.3 is 5.97 Å². The van der Waals surface area contributed by atoms with Crippen LogP contribution in [0.5, 0.6) is 0 Å². The smallest absolute Gasteiger partial charge is 0.319 e. The number of sulfonamides is 1. The maximum absolute atomic E-state index is 14.1. The average Bonchev–Trinajstić information content (AvgIpc) is 3.07. The molecule has 0 unspecified atom stereocenters. The highest BCUT2D eigenvalue weighted by Gasteiger charge is 2.17. The van der Waals surface area contributed by atoms with E-state index in [2.05, 4.69) is 5.10 Å². The molecule has 2 aromatic carbocycles. The van der Waals surface area contributed by atoms with E-state index in [0.29, 0.717) is 34.4 Å². The summed E-state index contributed by atoms with van der Waals surface area (Å²) in [5.41, 5.74) is 2.51. The summed E-state index contributed by atoms with van der Waals surface area (Å²) in [4.78, 5) is 18.0. The van der Waals surface area contributed by atoms with Crippen molar-refractivity contribution in [3.8, 4) is 22.4 Å². The van der Waals surface area contributed by atoms with Gasteiger partial charge in [0.05, 0.1) is 11.1 Å². The van der Waals surface area contributed by atoms with Crippen molar-refractivity contribution in [3.05, 3.63) is 60.0 Å². The molecule has 0 radical (unpaired) electrons. The predicted molar refractivity (Wildman–Crippen MR) is 106 cm³/mol. The van der Waals surface area contributed by atoms with Crippen LogP contribution in [0.3, 0.4) is 0 Å². The highest BCUT2D eigenvalue weighted by molar-refractivity contribution is 7.89. The third kappa shape index (κ3) is 4.69. The SMILES string of the molecule is CCCC(=O)On1cc(-c2ccc(C)c(F)c2)c(-c2ccc(S(N)(=O)=O)cc2)n1. The Labute approximate surface area is 167 Å². The molecule has 2 N–H and O–H groups in total. The third-order valence-electron chi connectivity index (χ3n) is 4.28. The number of nitrogens with zero attached hydrogens (tertiary/aromatic N) is 2. The minimum Gasteiger partial charge on any atom is -0.319 e. The second-order valence-electron chi connectivity index (χ2n) is 6.54. The molecule has 3 aromatic rings. The molecule has 1 heterocycles. The van der Waals surface area contributed by atoms with Crippen LogP contribution in [0.25, 0.3) is 22.4 Å². The lowest BCUT2D eigenvalue weighted by Gasteiger charge is -2.05. The van der Waals surface area contributed by atoms with E-state index >= 15 is 0 Å². The molecule has 1 aromatic heterocycles. The number of rotatable bonds is 6. The van der Waals surface area contributed by atoms with Crippen LogP contribution in [-0.2, 0) is 14.8 Å². The largest absolute Gasteiger partial charge is 0.334 e. The first-order chi connectivity index (χ1) is 13.7. The van der Waals surface area contributed by atoms with E-state index in [1.54, 1.807) is 19.1 Å². The lowest BCUT2D eigenvalue weighted by Crippen LogP contribution is -2.19. The Morgan fingerprint density at radius 3 is 2.41 bits per heavy atom. The van der Waals surface area contributed by atoms with Gasteiger partial charge in [0.2, 0.25) is 10.0 Å². The zero-order chi connectivity index (χ0) is 21.2. The van der Waals surface area contributed by atoms with E-state index in [-0.39, 0.29) is 17.1 Å². The fourth-order valence-electron chi connectivity index (χ4n) is 2.74. The fourth-order valence-corrected chi connectivity index (χ4v) is 3.26. The maximum Gasteiger partial charge on any atom is 0.334 e. The van der Waals surface area contributed by atoms with Crippen LogP contribution in [0.4, 0.5) is 4.39 Å². The number of carbonyl (C=O) groups is 1. The quantitative estimate of drug-likeness (QED) is 0.664. The highest BCUT2D eigenvalue weighted by atomic mass is 32.2. The summed E-state index contributed by atoms with van der Waals surface area (Å²) in [6, 6.07) is 10.5. The zero-order valence-corrected chi connectivity index (χ0v) is 16.7. The molecular formula is C20H20FN3O4S. The van der Waals surface area contributed by atoms with Gasteiger partial charge < -0.3 is 4.84 Å². The number of aromatic nitrogens is 2. The molecule has 0 atom stereocenters. The lowest BCUT2D eigenvalue weighted by molar-refractivity contribution is -0.145. The molecule has 7 nitrogen and oxygen atoms in total. The van der Waals surface area contributed by atoms with E-state index in [4.69, 9.17) is 9.98 Å². The fraction of sp³-hybridized carbons (Fsp3) is 0.200. The van der Waals surface area contributed by atoms with Gasteiger partial charge in [-0.2, -0.15) is 0 Å². The van der Waals surface area contributed by atoms with Crippen molar-refractivity contribution in [1.29, 1.82) is 0 Å². The Morgan fingerprint density at radius 1 is 1.17 bits per heavy atom. The summed E-state index contributed by atoms with van der Waals surface area (Å²) < 4.78 is 37.1. The van der Waals surface area contributed by atoms with Gasteiger partial charge in [0, 0.05) is 17.5 Å². The van der Waals surface area contributed by atoms with Crippen LogP contribution in [0.1, 0.15) is 25.3 Å². The van der Waals surface area contributed by atoms with E-state index in [1.807, 2.05) is 6.92 Å². The first-order valence-electron chi connectivity index (χ1n) is 8.89. The summed E-state index contributed by atoms with van der Waals surface area (Å²) in [6.07, 6.45) is 2.34.